The molecule has 1 aliphatic heterocycles. The third-order valence-electron chi connectivity index (χ3n) is 2.37. The molecule has 1 aliphatic rings. The maximum atomic E-state index is 5.46. The van der Waals surface area contributed by atoms with Crippen molar-refractivity contribution in [3.8, 4) is 0 Å². The van der Waals surface area contributed by atoms with E-state index in [1.165, 1.54) is 0 Å². The summed E-state index contributed by atoms with van der Waals surface area (Å²) in [6.07, 6.45) is 0.878. The molecule has 0 bridgehead atoms. The summed E-state index contributed by atoms with van der Waals surface area (Å²) in [7, 11) is 3.39. The second-order valence-corrected chi connectivity index (χ2v) is 3.17. The standard InChI is InChI=1S/C9H19NO3/c1-4-10-7-6-13-9(12-3)5-8(7)11-2/h7-10H,4-6H2,1-3H3/t7-,8+,9-/m0/s1. The number of ether oxygens (including phenoxy) is 3. The van der Waals surface area contributed by atoms with E-state index in [1.807, 2.05) is 0 Å². The molecule has 0 amide bonds. The first-order chi connectivity index (χ1) is 6.31. The van der Waals surface area contributed by atoms with Crippen molar-refractivity contribution in [1.82, 2.24) is 5.32 Å². The van der Waals surface area contributed by atoms with Crippen LogP contribution in [0.3, 0.4) is 0 Å². The fourth-order valence-electron chi connectivity index (χ4n) is 1.62. The molecular weight excluding hydrogens is 170 g/mol. The quantitative estimate of drug-likeness (QED) is 0.693. The molecule has 0 spiro atoms. The lowest BCUT2D eigenvalue weighted by Crippen LogP contribution is -2.50. The van der Waals surface area contributed by atoms with Crippen molar-refractivity contribution in [2.24, 2.45) is 0 Å². The van der Waals surface area contributed by atoms with Crippen LogP contribution in [0.5, 0.6) is 0 Å². The SMILES string of the molecule is CCN[C@H]1CO[C@H](OC)C[C@H]1OC. The molecular formula is C9H19NO3. The van der Waals surface area contributed by atoms with Gasteiger partial charge in [-0.2, -0.15) is 0 Å². The van der Waals surface area contributed by atoms with Gasteiger partial charge < -0.3 is 19.5 Å². The smallest absolute Gasteiger partial charge is 0.159 e. The third-order valence-corrected chi connectivity index (χ3v) is 2.37. The van der Waals surface area contributed by atoms with Crippen LogP contribution in [-0.4, -0.2) is 45.8 Å². The molecule has 0 aromatic rings. The van der Waals surface area contributed by atoms with Crippen LogP contribution in [0.25, 0.3) is 0 Å². The van der Waals surface area contributed by atoms with Gasteiger partial charge in [-0.1, -0.05) is 6.92 Å². The van der Waals surface area contributed by atoms with Crippen LogP contribution >= 0.6 is 0 Å². The summed E-state index contributed by atoms with van der Waals surface area (Å²) >= 11 is 0. The number of methoxy groups -OCH3 is 2. The van der Waals surface area contributed by atoms with Crippen molar-refractivity contribution >= 4 is 0 Å². The van der Waals surface area contributed by atoms with Crippen LogP contribution in [0.4, 0.5) is 0 Å². The molecule has 1 heterocycles. The Labute approximate surface area is 79.5 Å². The molecule has 1 rings (SSSR count). The third kappa shape index (κ3) is 2.91. The van der Waals surface area contributed by atoms with E-state index in [4.69, 9.17) is 14.2 Å². The highest BCUT2D eigenvalue weighted by atomic mass is 16.7. The van der Waals surface area contributed by atoms with Gasteiger partial charge in [0.1, 0.15) is 0 Å². The van der Waals surface area contributed by atoms with Crippen LogP contribution < -0.4 is 5.32 Å². The van der Waals surface area contributed by atoms with Gasteiger partial charge in [-0.3, -0.25) is 0 Å². The lowest BCUT2D eigenvalue weighted by Gasteiger charge is -2.34. The lowest BCUT2D eigenvalue weighted by atomic mass is 10.1. The van der Waals surface area contributed by atoms with E-state index in [9.17, 15) is 0 Å². The summed E-state index contributed by atoms with van der Waals surface area (Å²) in [5, 5.41) is 3.32. The summed E-state index contributed by atoms with van der Waals surface area (Å²) in [5.41, 5.74) is 0. The Morgan fingerprint density at radius 2 is 2.15 bits per heavy atom. The van der Waals surface area contributed by atoms with Crippen molar-refractivity contribution in [1.29, 1.82) is 0 Å². The van der Waals surface area contributed by atoms with Crippen molar-refractivity contribution in [2.45, 2.75) is 31.8 Å². The summed E-state index contributed by atoms with van der Waals surface area (Å²) in [5.74, 6) is 0. The molecule has 4 heteroatoms. The molecule has 1 saturated heterocycles. The maximum Gasteiger partial charge on any atom is 0.159 e. The van der Waals surface area contributed by atoms with E-state index in [-0.39, 0.29) is 12.4 Å². The molecule has 1 fully saturated rings. The van der Waals surface area contributed by atoms with E-state index in [2.05, 4.69) is 12.2 Å². The largest absolute Gasteiger partial charge is 0.380 e. The summed E-state index contributed by atoms with van der Waals surface area (Å²) in [6, 6.07) is 0.293. The fourth-order valence-corrected chi connectivity index (χ4v) is 1.62. The topological polar surface area (TPSA) is 39.7 Å². The summed E-state index contributed by atoms with van der Waals surface area (Å²) < 4.78 is 15.9. The van der Waals surface area contributed by atoms with E-state index < -0.39 is 0 Å². The second-order valence-electron chi connectivity index (χ2n) is 3.17. The monoisotopic (exact) mass is 189 g/mol. The average molecular weight is 189 g/mol. The Morgan fingerprint density at radius 3 is 2.69 bits per heavy atom. The van der Waals surface area contributed by atoms with Gasteiger partial charge in [-0.05, 0) is 6.54 Å². The highest BCUT2D eigenvalue weighted by Crippen LogP contribution is 2.17. The fraction of sp³-hybridized carbons (Fsp3) is 1.00. The Hall–Kier alpha value is -0.160. The van der Waals surface area contributed by atoms with Crippen LogP contribution in [0.1, 0.15) is 13.3 Å². The van der Waals surface area contributed by atoms with Gasteiger partial charge in [0.25, 0.3) is 0 Å². The minimum atomic E-state index is -0.111. The first-order valence-electron chi connectivity index (χ1n) is 4.72. The van der Waals surface area contributed by atoms with Crippen molar-refractivity contribution < 1.29 is 14.2 Å². The number of rotatable bonds is 4. The molecule has 0 radical (unpaired) electrons. The van der Waals surface area contributed by atoms with Crippen LogP contribution in [-0.2, 0) is 14.2 Å². The Kier molecular flexibility index (Phi) is 4.66. The molecule has 0 aromatic heterocycles. The molecule has 13 heavy (non-hydrogen) atoms. The number of nitrogens with one attached hydrogen (secondary N) is 1. The van der Waals surface area contributed by atoms with E-state index in [0.717, 1.165) is 13.0 Å². The Bertz CT molecular complexity index is 143. The summed E-state index contributed by atoms with van der Waals surface area (Å²) in [6.45, 7) is 3.67. The van der Waals surface area contributed by atoms with Crippen molar-refractivity contribution in [3.63, 3.8) is 0 Å². The van der Waals surface area contributed by atoms with Gasteiger partial charge in [0.15, 0.2) is 6.29 Å². The Balaban J connectivity index is 2.40. The van der Waals surface area contributed by atoms with Gasteiger partial charge in [0.2, 0.25) is 0 Å². The average Bonchev–Trinajstić information content (AvgIpc) is 2.19. The molecule has 1 N–H and O–H groups in total. The molecule has 3 atom stereocenters. The number of hydrogen-bond acceptors (Lipinski definition) is 4. The van der Waals surface area contributed by atoms with Crippen LogP contribution in [0.15, 0.2) is 0 Å². The minimum Gasteiger partial charge on any atom is -0.380 e. The van der Waals surface area contributed by atoms with Gasteiger partial charge in [-0.25, -0.2) is 0 Å². The maximum absolute atomic E-state index is 5.46. The van der Waals surface area contributed by atoms with Gasteiger partial charge in [0.05, 0.1) is 18.8 Å². The van der Waals surface area contributed by atoms with Crippen molar-refractivity contribution in [3.05, 3.63) is 0 Å². The van der Waals surface area contributed by atoms with Gasteiger partial charge >= 0.3 is 0 Å². The van der Waals surface area contributed by atoms with E-state index in [0.29, 0.717) is 12.6 Å². The normalized spacial score (nSPS) is 34.8. The first-order valence-corrected chi connectivity index (χ1v) is 4.72. The molecule has 78 valence electrons. The molecule has 4 nitrogen and oxygen atoms in total. The van der Waals surface area contributed by atoms with Crippen molar-refractivity contribution in [2.75, 3.05) is 27.4 Å². The second kappa shape index (κ2) is 5.54. The zero-order valence-corrected chi connectivity index (χ0v) is 8.58. The zero-order chi connectivity index (χ0) is 9.68. The van der Waals surface area contributed by atoms with E-state index in [1.54, 1.807) is 14.2 Å². The van der Waals surface area contributed by atoms with Crippen LogP contribution in [0, 0.1) is 0 Å². The van der Waals surface area contributed by atoms with E-state index >= 15 is 0 Å². The highest BCUT2D eigenvalue weighted by molar-refractivity contribution is 4.81. The highest BCUT2D eigenvalue weighted by Gasteiger charge is 2.30. The summed E-state index contributed by atoms with van der Waals surface area (Å²) in [4.78, 5) is 0. The molecule has 0 aliphatic carbocycles. The minimum absolute atomic E-state index is 0.111. The molecule has 0 unspecified atom stereocenters. The number of likely N-dealkylation sites (N-methyl/N-ethyl adjacent to an activating group) is 1. The first kappa shape index (κ1) is 10.9. The predicted molar refractivity (Wildman–Crippen MR) is 49.6 cm³/mol. The van der Waals surface area contributed by atoms with Crippen LogP contribution in [0.2, 0.25) is 0 Å². The zero-order valence-electron chi connectivity index (χ0n) is 8.58. The van der Waals surface area contributed by atoms with Gasteiger partial charge in [0, 0.05) is 20.6 Å². The predicted octanol–water partition coefficient (Wildman–Crippen LogP) is 0.372. The molecule has 0 saturated carbocycles. The Morgan fingerprint density at radius 1 is 1.38 bits per heavy atom. The number of hydrogen-bond donors (Lipinski definition) is 1. The lowest BCUT2D eigenvalue weighted by molar-refractivity contribution is -0.185. The van der Waals surface area contributed by atoms with Gasteiger partial charge in [-0.15, -0.1) is 0 Å². The molecule has 0 aromatic carbocycles.